The summed E-state index contributed by atoms with van der Waals surface area (Å²) < 4.78 is 5.63. The Balaban J connectivity index is 1.43. The van der Waals surface area contributed by atoms with Crippen molar-refractivity contribution in [3.05, 3.63) is 59.7 Å². The molecule has 0 radical (unpaired) electrons. The predicted molar refractivity (Wildman–Crippen MR) is 128 cm³/mol. The molecule has 1 aliphatic carbocycles. The molecule has 2 N–H and O–H groups in total. The number of benzene rings is 2. The predicted octanol–water partition coefficient (Wildman–Crippen LogP) is 4.26. The van der Waals surface area contributed by atoms with E-state index in [-0.39, 0.29) is 24.3 Å². The Kier molecular flexibility index (Phi) is 6.91. The second kappa shape index (κ2) is 9.87. The molecule has 2 amide bonds. The number of carbonyl (C=O) groups excluding carboxylic acids is 2. The standard InChI is InChI=1S/C27H32N2O5/c1-16(2)24(25(30)29-14-8-13-18(17(29)3)26(31)32)28-27(33)34-15-23-21-11-6-4-9-19(21)20-10-5-7-12-22(20)23/h4-7,9-12,16-18,23-24H,8,13-15H2,1-3H3,(H,28,33)(H,31,32)/t17-,18-,24+/m1/s1. The molecule has 3 atom stereocenters. The third-order valence-electron chi connectivity index (χ3n) is 7.14. The molecule has 0 unspecified atom stereocenters. The van der Waals surface area contributed by atoms with Crippen LogP contribution in [0.1, 0.15) is 50.7 Å². The number of ether oxygens (including phenoxy) is 1. The van der Waals surface area contributed by atoms with Gasteiger partial charge in [-0.2, -0.15) is 0 Å². The molecule has 1 saturated heterocycles. The summed E-state index contributed by atoms with van der Waals surface area (Å²) >= 11 is 0. The molecular weight excluding hydrogens is 432 g/mol. The number of aliphatic carboxylic acids is 1. The topological polar surface area (TPSA) is 95.9 Å². The fourth-order valence-electron chi connectivity index (χ4n) is 5.24. The van der Waals surface area contributed by atoms with Crippen LogP contribution in [0.15, 0.2) is 48.5 Å². The summed E-state index contributed by atoms with van der Waals surface area (Å²) in [6.45, 7) is 6.13. The van der Waals surface area contributed by atoms with E-state index in [2.05, 4.69) is 29.6 Å². The Bertz CT molecular complexity index is 1040. The first kappa shape index (κ1) is 23.8. The molecule has 0 bridgehead atoms. The van der Waals surface area contributed by atoms with Crippen LogP contribution in [0.5, 0.6) is 0 Å². The Labute approximate surface area is 200 Å². The molecule has 2 aliphatic rings. The molecule has 0 aromatic heterocycles. The van der Waals surface area contributed by atoms with E-state index in [4.69, 9.17) is 4.74 Å². The zero-order valence-electron chi connectivity index (χ0n) is 19.9. The maximum Gasteiger partial charge on any atom is 0.407 e. The lowest BCUT2D eigenvalue weighted by Crippen LogP contribution is -2.57. The van der Waals surface area contributed by atoms with Gasteiger partial charge in [-0.1, -0.05) is 62.4 Å². The minimum atomic E-state index is -0.893. The van der Waals surface area contributed by atoms with Crippen molar-refractivity contribution < 1.29 is 24.2 Å². The van der Waals surface area contributed by atoms with Crippen molar-refractivity contribution in [2.24, 2.45) is 11.8 Å². The van der Waals surface area contributed by atoms with Crippen LogP contribution >= 0.6 is 0 Å². The number of nitrogens with one attached hydrogen (secondary N) is 1. The number of carboxylic acids is 1. The van der Waals surface area contributed by atoms with Gasteiger partial charge < -0.3 is 20.1 Å². The fraction of sp³-hybridized carbons (Fsp3) is 0.444. The number of hydrogen-bond donors (Lipinski definition) is 2. The zero-order valence-corrected chi connectivity index (χ0v) is 19.9. The van der Waals surface area contributed by atoms with E-state index in [1.54, 1.807) is 11.8 Å². The molecule has 2 aromatic rings. The van der Waals surface area contributed by atoms with Crippen molar-refractivity contribution in [2.45, 2.75) is 51.6 Å². The Hall–Kier alpha value is -3.35. The second-order valence-corrected chi connectivity index (χ2v) is 9.55. The number of piperidine rings is 1. The van der Waals surface area contributed by atoms with Gasteiger partial charge in [0.15, 0.2) is 0 Å². The van der Waals surface area contributed by atoms with Gasteiger partial charge in [-0.15, -0.1) is 0 Å². The quantitative estimate of drug-likeness (QED) is 0.666. The zero-order chi connectivity index (χ0) is 24.4. The Morgan fingerprint density at radius 1 is 1.06 bits per heavy atom. The summed E-state index contributed by atoms with van der Waals surface area (Å²) in [5.74, 6) is -1.99. The van der Waals surface area contributed by atoms with Gasteiger partial charge in [0.05, 0.1) is 5.92 Å². The van der Waals surface area contributed by atoms with E-state index in [1.165, 1.54) is 0 Å². The van der Waals surface area contributed by atoms with Crippen LogP contribution in [0.4, 0.5) is 4.79 Å². The molecule has 0 saturated carbocycles. The number of carboxylic acid groups (broad SMARTS) is 1. The molecule has 4 rings (SSSR count). The molecule has 1 heterocycles. The van der Waals surface area contributed by atoms with Gasteiger partial charge in [-0.25, -0.2) is 4.79 Å². The van der Waals surface area contributed by atoms with Crippen molar-refractivity contribution in [3.8, 4) is 11.1 Å². The highest BCUT2D eigenvalue weighted by molar-refractivity contribution is 5.87. The largest absolute Gasteiger partial charge is 0.481 e. The third kappa shape index (κ3) is 4.52. The van der Waals surface area contributed by atoms with Crippen molar-refractivity contribution in [2.75, 3.05) is 13.2 Å². The van der Waals surface area contributed by atoms with E-state index in [1.807, 2.05) is 38.1 Å². The Morgan fingerprint density at radius 3 is 2.21 bits per heavy atom. The normalized spacial score (nSPS) is 20.4. The van der Waals surface area contributed by atoms with E-state index in [0.717, 1.165) is 22.3 Å². The number of nitrogens with zero attached hydrogens (tertiary/aromatic N) is 1. The van der Waals surface area contributed by atoms with Crippen LogP contribution < -0.4 is 5.32 Å². The minimum absolute atomic E-state index is 0.0650. The molecule has 1 aliphatic heterocycles. The lowest BCUT2D eigenvalue weighted by molar-refractivity contribution is -0.150. The van der Waals surface area contributed by atoms with Crippen molar-refractivity contribution in [3.63, 3.8) is 0 Å². The summed E-state index contributed by atoms with van der Waals surface area (Å²) in [5, 5.41) is 12.2. The smallest absolute Gasteiger partial charge is 0.407 e. The molecular formula is C27H32N2O5. The monoisotopic (exact) mass is 464 g/mol. The van der Waals surface area contributed by atoms with Crippen molar-refractivity contribution in [1.82, 2.24) is 10.2 Å². The molecule has 1 fully saturated rings. The highest BCUT2D eigenvalue weighted by Gasteiger charge is 2.39. The number of fused-ring (bicyclic) bond motifs is 3. The van der Waals surface area contributed by atoms with Crippen molar-refractivity contribution >= 4 is 18.0 Å². The molecule has 7 nitrogen and oxygen atoms in total. The summed E-state index contributed by atoms with van der Waals surface area (Å²) in [6.07, 6.45) is 0.531. The molecule has 2 aromatic carbocycles. The van der Waals surface area contributed by atoms with Crippen LogP contribution in [0.3, 0.4) is 0 Å². The van der Waals surface area contributed by atoms with E-state index >= 15 is 0 Å². The number of rotatable bonds is 6. The SMILES string of the molecule is CC(C)[C@H](NC(=O)OCC1c2ccccc2-c2ccccc21)C(=O)N1CCC[C@@H](C(=O)O)[C@H]1C. The molecule has 34 heavy (non-hydrogen) atoms. The van der Waals surface area contributed by atoms with Crippen LogP contribution in [-0.2, 0) is 14.3 Å². The van der Waals surface area contributed by atoms with Crippen LogP contribution in [0.25, 0.3) is 11.1 Å². The van der Waals surface area contributed by atoms with Gasteiger partial charge >= 0.3 is 12.1 Å². The lowest BCUT2D eigenvalue weighted by Gasteiger charge is -2.40. The van der Waals surface area contributed by atoms with Crippen LogP contribution in [0, 0.1) is 11.8 Å². The number of amides is 2. The van der Waals surface area contributed by atoms with Crippen LogP contribution in [0.2, 0.25) is 0 Å². The van der Waals surface area contributed by atoms with E-state index < -0.39 is 30.1 Å². The molecule has 0 spiro atoms. The fourth-order valence-corrected chi connectivity index (χ4v) is 5.24. The van der Waals surface area contributed by atoms with Gasteiger partial charge in [0.25, 0.3) is 0 Å². The molecule has 180 valence electrons. The first-order valence-corrected chi connectivity index (χ1v) is 11.9. The van der Waals surface area contributed by atoms with Gasteiger partial charge in [-0.3, -0.25) is 9.59 Å². The first-order chi connectivity index (χ1) is 16.3. The van der Waals surface area contributed by atoms with E-state index in [9.17, 15) is 19.5 Å². The Morgan fingerprint density at radius 2 is 1.65 bits per heavy atom. The summed E-state index contributed by atoms with van der Waals surface area (Å²) in [4.78, 5) is 39.3. The first-order valence-electron chi connectivity index (χ1n) is 11.9. The summed E-state index contributed by atoms with van der Waals surface area (Å²) in [5.41, 5.74) is 4.54. The maximum atomic E-state index is 13.3. The molecule has 7 heteroatoms. The maximum absolute atomic E-state index is 13.3. The van der Waals surface area contributed by atoms with Crippen LogP contribution in [-0.4, -0.2) is 53.2 Å². The van der Waals surface area contributed by atoms with Gasteiger partial charge in [0.2, 0.25) is 5.91 Å². The van der Waals surface area contributed by atoms with Gasteiger partial charge in [-0.05, 0) is 47.9 Å². The summed E-state index contributed by atoms with van der Waals surface area (Å²) in [6, 6.07) is 15.0. The highest BCUT2D eigenvalue weighted by Crippen LogP contribution is 2.44. The second-order valence-electron chi connectivity index (χ2n) is 9.55. The van der Waals surface area contributed by atoms with Gasteiger partial charge in [0.1, 0.15) is 12.6 Å². The van der Waals surface area contributed by atoms with Crippen molar-refractivity contribution in [1.29, 1.82) is 0 Å². The minimum Gasteiger partial charge on any atom is -0.481 e. The number of likely N-dealkylation sites (tertiary alicyclic amines) is 1. The van der Waals surface area contributed by atoms with E-state index in [0.29, 0.717) is 19.4 Å². The average Bonchev–Trinajstić information content (AvgIpc) is 3.14. The number of hydrogen-bond acceptors (Lipinski definition) is 4. The lowest BCUT2D eigenvalue weighted by atomic mass is 9.89. The third-order valence-corrected chi connectivity index (χ3v) is 7.14. The number of alkyl carbamates (subject to hydrolysis) is 1. The number of carbonyl (C=O) groups is 3. The highest BCUT2D eigenvalue weighted by atomic mass is 16.5. The van der Waals surface area contributed by atoms with Gasteiger partial charge in [0, 0.05) is 18.5 Å². The summed E-state index contributed by atoms with van der Waals surface area (Å²) in [7, 11) is 0. The average molecular weight is 465 g/mol.